The van der Waals surface area contributed by atoms with Gasteiger partial charge in [0.2, 0.25) is 11.8 Å². The Kier molecular flexibility index (Phi) is 9.69. The molecule has 3 rings (SSSR count). The van der Waals surface area contributed by atoms with Crippen LogP contribution in [0.3, 0.4) is 0 Å². The predicted molar refractivity (Wildman–Crippen MR) is 151 cm³/mol. The molecule has 3 aromatic rings. The summed E-state index contributed by atoms with van der Waals surface area (Å²) in [6.45, 7) is 9.59. The number of anilines is 1. The quantitative estimate of drug-likeness (QED) is 0.384. The maximum Gasteiger partial charge on any atom is 0.264 e. The van der Waals surface area contributed by atoms with Crippen LogP contribution in [0.4, 0.5) is 5.69 Å². The number of nitrogens with one attached hydrogen (secondary N) is 1. The van der Waals surface area contributed by atoms with Crippen LogP contribution in [0.5, 0.6) is 0 Å². The van der Waals surface area contributed by atoms with Crippen molar-refractivity contribution in [2.75, 3.05) is 17.4 Å². The van der Waals surface area contributed by atoms with Gasteiger partial charge in [0, 0.05) is 13.1 Å². The lowest BCUT2D eigenvalue weighted by Gasteiger charge is -2.33. The van der Waals surface area contributed by atoms with Crippen LogP contribution in [0.15, 0.2) is 77.7 Å². The molecule has 0 aliphatic rings. The Morgan fingerprint density at radius 1 is 0.842 bits per heavy atom. The Labute approximate surface area is 226 Å². The molecule has 0 saturated heterocycles. The lowest BCUT2D eigenvalue weighted by atomic mass is 10.1. The van der Waals surface area contributed by atoms with Crippen molar-refractivity contribution in [3.8, 4) is 0 Å². The number of amides is 2. The predicted octanol–water partition coefficient (Wildman–Crippen LogP) is 4.75. The highest BCUT2D eigenvalue weighted by Gasteiger charge is 2.33. The molecule has 1 atom stereocenters. The molecule has 0 unspecified atom stereocenters. The second-order valence-corrected chi connectivity index (χ2v) is 11.4. The molecule has 38 heavy (non-hydrogen) atoms. The summed E-state index contributed by atoms with van der Waals surface area (Å²) in [6.07, 6.45) is 0.387. The van der Waals surface area contributed by atoms with Gasteiger partial charge in [-0.15, -0.1) is 0 Å². The Morgan fingerprint density at radius 3 is 2.00 bits per heavy atom. The molecule has 0 saturated carbocycles. The van der Waals surface area contributed by atoms with Crippen LogP contribution in [-0.4, -0.2) is 44.3 Å². The molecule has 3 aromatic carbocycles. The summed E-state index contributed by atoms with van der Waals surface area (Å²) >= 11 is 0. The largest absolute Gasteiger partial charge is 0.355 e. The van der Waals surface area contributed by atoms with Gasteiger partial charge in [-0.3, -0.25) is 13.9 Å². The summed E-state index contributed by atoms with van der Waals surface area (Å²) in [4.78, 5) is 28.6. The number of hydrogen-bond donors (Lipinski definition) is 1. The average molecular weight is 536 g/mol. The van der Waals surface area contributed by atoms with E-state index in [0.717, 1.165) is 26.6 Å². The molecule has 0 bridgehead atoms. The first-order chi connectivity index (χ1) is 18.1. The van der Waals surface area contributed by atoms with E-state index in [-0.39, 0.29) is 17.3 Å². The number of likely N-dealkylation sites (N-methyl/N-ethyl adjacent to an activating group) is 1. The van der Waals surface area contributed by atoms with E-state index in [1.54, 1.807) is 30.3 Å². The summed E-state index contributed by atoms with van der Waals surface area (Å²) in [5, 5.41) is 2.82. The summed E-state index contributed by atoms with van der Waals surface area (Å²) in [5.41, 5.74) is 4.10. The fraction of sp³-hybridized carbons (Fsp3) is 0.333. The Balaban J connectivity index is 2.07. The highest BCUT2D eigenvalue weighted by Crippen LogP contribution is 2.27. The molecule has 2 amide bonds. The number of aryl methyl sites for hydroxylation is 3. The number of hydrogen-bond acceptors (Lipinski definition) is 4. The van der Waals surface area contributed by atoms with Crippen molar-refractivity contribution in [1.82, 2.24) is 10.2 Å². The van der Waals surface area contributed by atoms with Crippen LogP contribution < -0.4 is 9.62 Å². The lowest BCUT2D eigenvalue weighted by Crippen LogP contribution is -2.52. The van der Waals surface area contributed by atoms with Gasteiger partial charge in [0.25, 0.3) is 10.0 Å². The third-order valence-electron chi connectivity index (χ3n) is 6.31. The fourth-order valence-electron chi connectivity index (χ4n) is 4.44. The first-order valence-electron chi connectivity index (χ1n) is 12.9. The summed E-state index contributed by atoms with van der Waals surface area (Å²) in [6, 6.07) is 20.5. The molecule has 0 spiro atoms. The minimum atomic E-state index is -4.07. The lowest BCUT2D eigenvalue weighted by molar-refractivity contribution is -0.140. The zero-order valence-corrected chi connectivity index (χ0v) is 23.6. The van der Waals surface area contributed by atoms with E-state index in [1.165, 1.54) is 17.0 Å². The van der Waals surface area contributed by atoms with E-state index in [4.69, 9.17) is 0 Å². The Morgan fingerprint density at radius 2 is 1.45 bits per heavy atom. The number of benzene rings is 3. The monoisotopic (exact) mass is 535 g/mol. The van der Waals surface area contributed by atoms with Crippen molar-refractivity contribution in [3.05, 3.63) is 95.1 Å². The molecule has 0 aliphatic heterocycles. The molecule has 0 aliphatic carbocycles. The van der Waals surface area contributed by atoms with Crippen LogP contribution in [0, 0.1) is 20.8 Å². The maximum atomic E-state index is 14.0. The second kappa shape index (κ2) is 12.7. The van der Waals surface area contributed by atoms with E-state index in [2.05, 4.69) is 5.32 Å². The average Bonchev–Trinajstić information content (AvgIpc) is 2.88. The molecule has 202 valence electrons. The molecule has 0 radical (unpaired) electrons. The van der Waals surface area contributed by atoms with E-state index in [9.17, 15) is 18.0 Å². The van der Waals surface area contributed by atoms with E-state index >= 15 is 0 Å². The summed E-state index contributed by atoms with van der Waals surface area (Å²) in [7, 11) is -4.07. The van der Waals surface area contributed by atoms with Gasteiger partial charge in [0.15, 0.2) is 0 Å². The van der Waals surface area contributed by atoms with Crippen molar-refractivity contribution in [2.24, 2.45) is 0 Å². The van der Waals surface area contributed by atoms with Gasteiger partial charge in [0.05, 0.1) is 10.6 Å². The molecular weight excluding hydrogens is 498 g/mol. The smallest absolute Gasteiger partial charge is 0.264 e. The minimum absolute atomic E-state index is 0.0906. The van der Waals surface area contributed by atoms with Gasteiger partial charge < -0.3 is 10.2 Å². The molecular formula is C30H37N3O4S. The molecule has 1 N–H and O–H groups in total. The number of carbonyl (C=O) groups excluding carboxylic acids is 2. The highest BCUT2D eigenvalue weighted by atomic mass is 32.2. The first kappa shape index (κ1) is 28.9. The van der Waals surface area contributed by atoms with Crippen molar-refractivity contribution in [2.45, 2.75) is 58.5 Å². The van der Waals surface area contributed by atoms with Crippen molar-refractivity contribution >= 4 is 27.5 Å². The van der Waals surface area contributed by atoms with E-state index < -0.39 is 28.5 Å². The van der Waals surface area contributed by atoms with Crippen LogP contribution in [0.25, 0.3) is 0 Å². The van der Waals surface area contributed by atoms with Gasteiger partial charge in [0.1, 0.15) is 12.6 Å². The number of rotatable bonds is 11. The number of nitrogens with zero attached hydrogens (tertiary/aromatic N) is 2. The maximum absolute atomic E-state index is 14.0. The van der Waals surface area contributed by atoms with E-state index in [0.29, 0.717) is 18.7 Å². The van der Waals surface area contributed by atoms with Gasteiger partial charge in [-0.2, -0.15) is 0 Å². The number of sulfonamides is 1. The van der Waals surface area contributed by atoms with Gasteiger partial charge in [-0.05, 0) is 75.1 Å². The van der Waals surface area contributed by atoms with Crippen LogP contribution >= 0.6 is 0 Å². The van der Waals surface area contributed by atoms with Crippen LogP contribution in [-0.2, 0) is 26.2 Å². The normalized spacial score (nSPS) is 12.0. The molecule has 0 fully saturated rings. The van der Waals surface area contributed by atoms with Gasteiger partial charge >= 0.3 is 0 Å². The SMILES string of the molecule is CCNC(=O)[C@@H](CC)N(Cc1ccc(C)cc1)C(=O)CN(c1cc(C)cc(C)c1)S(=O)(=O)c1ccccc1. The van der Waals surface area contributed by atoms with E-state index in [1.807, 2.05) is 65.0 Å². The van der Waals surface area contributed by atoms with Gasteiger partial charge in [-0.25, -0.2) is 8.42 Å². The van der Waals surface area contributed by atoms with Crippen molar-refractivity contribution in [3.63, 3.8) is 0 Å². The second-order valence-electron chi connectivity index (χ2n) is 9.50. The molecule has 8 heteroatoms. The third kappa shape index (κ3) is 7.01. The van der Waals surface area contributed by atoms with Crippen LogP contribution in [0.1, 0.15) is 42.5 Å². The highest BCUT2D eigenvalue weighted by molar-refractivity contribution is 7.92. The summed E-state index contributed by atoms with van der Waals surface area (Å²) < 4.78 is 28.9. The molecule has 0 heterocycles. The van der Waals surface area contributed by atoms with Crippen molar-refractivity contribution < 1.29 is 18.0 Å². The Hall–Kier alpha value is -3.65. The topological polar surface area (TPSA) is 86.8 Å². The van der Waals surface area contributed by atoms with Gasteiger partial charge in [-0.1, -0.05) is 61.0 Å². The van der Waals surface area contributed by atoms with Crippen LogP contribution in [0.2, 0.25) is 0 Å². The fourth-order valence-corrected chi connectivity index (χ4v) is 5.86. The molecule has 7 nitrogen and oxygen atoms in total. The molecule has 0 aromatic heterocycles. The van der Waals surface area contributed by atoms with Crippen molar-refractivity contribution in [1.29, 1.82) is 0 Å². The standard InChI is InChI=1S/C30H37N3O4S/c1-6-28(30(35)31-7-2)32(20-25-15-13-22(3)14-16-25)29(34)21-33(26-18-23(4)17-24(5)19-26)38(36,37)27-11-9-8-10-12-27/h8-19,28H,6-7,20-21H2,1-5H3,(H,31,35)/t28-/m1/s1. The third-order valence-corrected chi connectivity index (χ3v) is 8.10. The number of carbonyl (C=O) groups is 2. The summed E-state index contributed by atoms with van der Waals surface area (Å²) in [5.74, 6) is -0.721. The first-order valence-corrected chi connectivity index (χ1v) is 14.3. The zero-order valence-electron chi connectivity index (χ0n) is 22.8. The zero-order chi connectivity index (χ0) is 27.9. The Bertz CT molecular complexity index is 1340. The minimum Gasteiger partial charge on any atom is -0.355 e.